The van der Waals surface area contributed by atoms with Crippen LogP contribution in [0.2, 0.25) is 0 Å². The van der Waals surface area contributed by atoms with Gasteiger partial charge in [-0.3, -0.25) is 0 Å². The number of carbonyl (C=O) groups is 1. The molecule has 0 amide bonds. The minimum absolute atomic E-state index is 0.0822. The van der Waals surface area contributed by atoms with Gasteiger partial charge in [0.1, 0.15) is 0 Å². The minimum Gasteiger partial charge on any atom is -0.460 e. The Morgan fingerprint density at radius 1 is 1.37 bits per heavy atom. The number of ether oxygens (including phenoxy) is 1. The van der Waals surface area contributed by atoms with Gasteiger partial charge >= 0.3 is 5.97 Å². The summed E-state index contributed by atoms with van der Waals surface area (Å²) in [6.07, 6.45) is 1.56. The molecule has 1 heterocycles. The van der Waals surface area contributed by atoms with Crippen LogP contribution in [0, 0.1) is 6.92 Å². The quantitative estimate of drug-likeness (QED) is 0.813. The fraction of sp³-hybridized carbons (Fsp3) is 0.214. The van der Waals surface area contributed by atoms with Crippen LogP contribution < -0.4 is 0 Å². The van der Waals surface area contributed by atoms with E-state index in [-0.39, 0.29) is 5.82 Å². The van der Waals surface area contributed by atoms with Gasteiger partial charge in [-0.2, -0.15) is 0 Å². The zero-order chi connectivity index (χ0) is 13.8. The van der Waals surface area contributed by atoms with Crippen LogP contribution in [-0.4, -0.2) is 22.5 Å². The molecular formula is C14H13BrN2O2. The Labute approximate surface area is 120 Å². The Bertz CT molecular complexity index is 614. The van der Waals surface area contributed by atoms with E-state index in [9.17, 15) is 4.79 Å². The van der Waals surface area contributed by atoms with Crippen LogP contribution >= 0.6 is 15.9 Å². The summed E-state index contributed by atoms with van der Waals surface area (Å²) >= 11 is 3.43. The molecule has 1 aromatic heterocycles. The van der Waals surface area contributed by atoms with E-state index in [1.807, 2.05) is 25.1 Å². The summed E-state index contributed by atoms with van der Waals surface area (Å²) < 4.78 is 5.86. The molecule has 0 aliphatic carbocycles. The molecule has 0 unspecified atom stereocenters. The first-order chi connectivity index (χ1) is 9.11. The molecule has 0 saturated heterocycles. The van der Waals surface area contributed by atoms with Crippen LogP contribution in [0.1, 0.15) is 23.1 Å². The topological polar surface area (TPSA) is 52.1 Å². The van der Waals surface area contributed by atoms with Crippen molar-refractivity contribution in [3.8, 4) is 11.3 Å². The van der Waals surface area contributed by atoms with Gasteiger partial charge in [0.05, 0.1) is 12.3 Å². The van der Waals surface area contributed by atoms with Crippen molar-refractivity contribution < 1.29 is 9.53 Å². The molecule has 2 rings (SSSR count). The van der Waals surface area contributed by atoms with Gasteiger partial charge in [-0.25, -0.2) is 14.8 Å². The third-order valence-corrected chi connectivity index (χ3v) is 3.08. The molecule has 98 valence electrons. The smallest absolute Gasteiger partial charge is 0.376 e. The number of hydrogen-bond donors (Lipinski definition) is 0. The maximum Gasteiger partial charge on any atom is 0.376 e. The van der Waals surface area contributed by atoms with Crippen molar-refractivity contribution in [1.29, 1.82) is 0 Å². The second kappa shape index (κ2) is 5.93. The third kappa shape index (κ3) is 3.17. The highest BCUT2D eigenvalue weighted by Gasteiger charge is 2.12. The molecule has 19 heavy (non-hydrogen) atoms. The predicted molar refractivity (Wildman–Crippen MR) is 75.9 cm³/mol. The van der Waals surface area contributed by atoms with Crippen molar-refractivity contribution in [1.82, 2.24) is 9.97 Å². The molecule has 0 atom stereocenters. The van der Waals surface area contributed by atoms with Crippen LogP contribution in [0.15, 0.2) is 34.9 Å². The van der Waals surface area contributed by atoms with E-state index in [1.54, 1.807) is 19.2 Å². The molecule has 4 nitrogen and oxygen atoms in total. The Kier molecular flexibility index (Phi) is 4.27. The minimum atomic E-state index is -0.503. The van der Waals surface area contributed by atoms with Crippen molar-refractivity contribution in [3.05, 3.63) is 46.3 Å². The second-order valence-corrected chi connectivity index (χ2v) is 4.86. The Morgan fingerprint density at radius 2 is 2.16 bits per heavy atom. The zero-order valence-electron chi connectivity index (χ0n) is 10.7. The van der Waals surface area contributed by atoms with Crippen molar-refractivity contribution in [2.24, 2.45) is 0 Å². The lowest BCUT2D eigenvalue weighted by molar-refractivity contribution is 0.0512. The molecule has 0 N–H and O–H groups in total. The number of aryl methyl sites for hydroxylation is 1. The Morgan fingerprint density at radius 3 is 2.89 bits per heavy atom. The number of esters is 1. The third-order valence-electron chi connectivity index (χ3n) is 2.59. The lowest BCUT2D eigenvalue weighted by Crippen LogP contribution is -2.09. The molecule has 5 heteroatoms. The highest BCUT2D eigenvalue weighted by Crippen LogP contribution is 2.25. The van der Waals surface area contributed by atoms with E-state index in [0.29, 0.717) is 12.3 Å². The number of halogens is 1. The van der Waals surface area contributed by atoms with Gasteiger partial charge in [-0.1, -0.05) is 22.0 Å². The number of carbonyl (C=O) groups excluding carboxylic acids is 1. The number of nitrogens with zero attached hydrogens (tertiary/aromatic N) is 2. The first-order valence-electron chi connectivity index (χ1n) is 5.88. The Hall–Kier alpha value is -1.75. The van der Waals surface area contributed by atoms with Crippen LogP contribution in [0.5, 0.6) is 0 Å². The van der Waals surface area contributed by atoms with E-state index in [0.717, 1.165) is 15.6 Å². The van der Waals surface area contributed by atoms with Crippen LogP contribution in [0.25, 0.3) is 11.3 Å². The van der Waals surface area contributed by atoms with Crippen molar-refractivity contribution in [2.45, 2.75) is 13.8 Å². The second-order valence-electron chi connectivity index (χ2n) is 3.95. The van der Waals surface area contributed by atoms with Crippen molar-refractivity contribution in [3.63, 3.8) is 0 Å². The molecule has 0 fully saturated rings. The fourth-order valence-corrected chi connectivity index (χ4v) is 2.03. The first-order valence-corrected chi connectivity index (χ1v) is 6.68. The van der Waals surface area contributed by atoms with E-state index in [1.165, 1.54) is 0 Å². The van der Waals surface area contributed by atoms with Crippen LogP contribution in [-0.2, 0) is 4.74 Å². The lowest BCUT2D eigenvalue weighted by atomic mass is 10.1. The molecule has 0 aliphatic rings. The van der Waals surface area contributed by atoms with Gasteiger partial charge < -0.3 is 4.74 Å². The summed E-state index contributed by atoms with van der Waals surface area (Å²) in [5.41, 5.74) is 2.75. The van der Waals surface area contributed by atoms with Gasteiger partial charge in [0.2, 0.25) is 5.82 Å². The highest BCUT2D eigenvalue weighted by atomic mass is 79.9. The van der Waals surface area contributed by atoms with Crippen molar-refractivity contribution in [2.75, 3.05) is 6.61 Å². The van der Waals surface area contributed by atoms with E-state index in [4.69, 9.17) is 4.74 Å². The highest BCUT2D eigenvalue weighted by molar-refractivity contribution is 9.10. The van der Waals surface area contributed by atoms with E-state index < -0.39 is 5.97 Å². The van der Waals surface area contributed by atoms with Crippen molar-refractivity contribution >= 4 is 21.9 Å². The summed E-state index contributed by atoms with van der Waals surface area (Å²) in [6.45, 7) is 4.05. The average molecular weight is 321 g/mol. The molecule has 0 spiro atoms. The maximum absolute atomic E-state index is 11.6. The molecule has 2 aromatic rings. The maximum atomic E-state index is 11.6. The number of aromatic nitrogens is 2. The van der Waals surface area contributed by atoms with Gasteiger partial charge in [0.25, 0.3) is 0 Å². The summed E-state index contributed by atoms with van der Waals surface area (Å²) in [5, 5.41) is 0. The predicted octanol–water partition coefficient (Wildman–Crippen LogP) is 3.39. The average Bonchev–Trinajstić information content (AvgIpc) is 2.42. The normalized spacial score (nSPS) is 10.3. The Balaban J connectivity index is 2.43. The van der Waals surface area contributed by atoms with E-state index >= 15 is 0 Å². The summed E-state index contributed by atoms with van der Waals surface area (Å²) in [4.78, 5) is 19.8. The number of rotatable bonds is 3. The summed E-state index contributed by atoms with van der Waals surface area (Å²) in [5.74, 6) is -0.421. The van der Waals surface area contributed by atoms with Gasteiger partial charge in [-0.05, 0) is 37.6 Å². The van der Waals surface area contributed by atoms with Gasteiger partial charge in [0.15, 0.2) is 0 Å². The number of benzene rings is 1. The molecule has 0 bridgehead atoms. The van der Waals surface area contributed by atoms with Crippen LogP contribution in [0.4, 0.5) is 0 Å². The zero-order valence-corrected chi connectivity index (χ0v) is 12.3. The van der Waals surface area contributed by atoms with Gasteiger partial charge in [-0.15, -0.1) is 0 Å². The summed E-state index contributed by atoms with van der Waals surface area (Å²) in [7, 11) is 0. The SMILES string of the molecule is CCOC(=O)c1nccc(-c2cc(Br)ccc2C)n1. The fourth-order valence-electron chi connectivity index (χ4n) is 1.67. The molecule has 0 aliphatic heterocycles. The molecule has 0 saturated carbocycles. The lowest BCUT2D eigenvalue weighted by Gasteiger charge is -2.07. The molecule has 1 aromatic carbocycles. The first kappa shape index (κ1) is 13.7. The number of hydrogen-bond acceptors (Lipinski definition) is 4. The summed E-state index contributed by atoms with van der Waals surface area (Å²) in [6, 6.07) is 7.70. The molecular weight excluding hydrogens is 308 g/mol. The van der Waals surface area contributed by atoms with Gasteiger partial charge in [0, 0.05) is 16.2 Å². The largest absolute Gasteiger partial charge is 0.460 e. The standard InChI is InChI=1S/C14H13BrN2O2/c1-3-19-14(18)13-16-7-6-12(17-13)11-8-10(15)5-4-9(11)2/h4-8H,3H2,1-2H3. The monoisotopic (exact) mass is 320 g/mol. The van der Waals surface area contributed by atoms with Crippen LogP contribution in [0.3, 0.4) is 0 Å². The van der Waals surface area contributed by atoms with E-state index in [2.05, 4.69) is 25.9 Å². The molecule has 0 radical (unpaired) electrons.